The lowest BCUT2D eigenvalue weighted by Crippen LogP contribution is -2.09. The molecule has 0 bridgehead atoms. The van der Waals surface area contributed by atoms with Gasteiger partial charge in [-0.1, -0.05) is 18.2 Å². The van der Waals surface area contributed by atoms with E-state index in [1.807, 2.05) is 18.2 Å². The lowest BCUT2D eigenvalue weighted by atomic mass is 10.3. The highest BCUT2D eigenvalue weighted by Crippen LogP contribution is 2.05. The second kappa shape index (κ2) is 4.40. The summed E-state index contributed by atoms with van der Waals surface area (Å²) in [5.41, 5.74) is 0.756. The third kappa shape index (κ3) is 2.63. The molecule has 0 amide bonds. The topological polar surface area (TPSA) is 50.7 Å². The number of anilines is 1. The van der Waals surface area contributed by atoms with Gasteiger partial charge in [-0.3, -0.25) is 4.84 Å². The van der Waals surface area contributed by atoms with E-state index in [2.05, 4.69) is 27.7 Å². The molecule has 1 N–H and O–H groups in total. The van der Waals surface area contributed by atoms with E-state index < -0.39 is 0 Å². The van der Waals surface area contributed by atoms with Crippen molar-refractivity contribution in [2.75, 3.05) is 5.32 Å². The van der Waals surface area contributed by atoms with Gasteiger partial charge in [0.25, 0.3) is 5.17 Å². The Kier molecular flexibility index (Phi) is 3.16. The highest BCUT2D eigenvalue weighted by molar-refractivity contribution is 7.80. The molecule has 12 heavy (non-hydrogen) atoms. The van der Waals surface area contributed by atoms with Gasteiger partial charge >= 0.3 is 0 Å². The molecule has 0 fully saturated rings. The molecular formula is C7H6N2O2S. The van der Waals surface area contributed by atoms with Crippen LogP contribution >= 0.6 is 12.2 Å². The Morgan fingerprint density at radius 2 is 2.08 bits per heavy atom. The molecule has 0 unspecified atom stereocenters. The van der Waals surface area contributed by atoms with Gasteiger partial charge in [0.05, 0.1) is 0 Å². The quantitative estimate of drug-likeness (QED) is 0.432. The first kappa shape index (κ1) is 8.61. The molecule has 0 heterocycles. The van der Waals surface area contributed by atoms with Crippen molar-refractivity contribution in [2.45, 2.75) is 0 Å². The molecule has 0 saturated heterocycles. The summed E-state index contributed by atoms with van der Waals surface area (Å²) >= 11 is 4.61. The maximum absolute atomic E-state index is 9.61. The van der Waals surface area contributed by atoms with Crippen molar-refractivity contribution in [2.24, 2.45) is 5.34 Å². The summed E-state index contributed by atoms with van der Waals surface area (Å²) in [6, 6.07) is 9.12. The van der Waals surface area contributed by atoms with Gasteiger partial charge in [-0.05, 0) is 24.4 Å². The van der Waals surface area contributed by atoms with E-state index in [0.717, 1.165) is 5.69 Å². The van der Waals surface area contributed by atoms with Crippen LogP contribution in [0, 0.1) is 4.91 Å². The summed E-state index contributed by atoms with van der Waals surface area (Å²) in [6.45, 7) is 0. The minimum absolute atomic E-state index is 0.0591. The van der Waals surface area contributed by atoms with Crippen LogP contribution < -0.4 is 5.32 Å². The lowest BCUT2D eigenvalue weighted by molar-refractivity contribution is 0.330. The van der Waals surface area contributed by atoms with Crippen molar-refractivity contribution in [1.29, 1.82) is 0 Å². The van der Waals surface area contributed by atoms with Crippen LogP contribution in [0.2, 0.25) is 0 Å². The summed E-state index contributed by atoms with van der Waals surface area (Å²) in [7, 11) is 0. The Morgan fingerprint density at radius 1 is 1.42 bits per heavy atom. The van der Waals surface area contributed by atoms with Gasteiger partial charge in [0.15, 0.2) is 5.34 Å². The molecule has 0 aromatic heterocycles. The Labute approximate surface area is 74.5 Å². The number of hydrogen-bond acceptors (Lipinski definition) is 4. The third-order valence-electron chi connectivity index (χ3n) is 1.14. The Bertz CT molecular complexity index is 276. The molecule has 0 aliphatic heterocycles. The lowest BCUT2D eigenvalue weighted by Gasteiger charge is -2.01. The monoisotopic (exact) mass is 182 g/mol. The number of benzene rings is 1. The van der Waals surface area contributed by atoms with Gasteiger partial charge in [0, 0.05) is 5.69 Å². The van der Waals surface area contributed by atoms with Gasteiger partial charge in [0.1, 0.15) is 0 Å². The number of para-hydroxylation sites is 1. The Hall–Kier alpha value is -1.49. The summed E-state index contributed by atoms with van der Waals surface area (Å²) in [5.74, 6) is 0. The van der Waals surface area contributed by atoms with E-state index in [4.69, 9.17) is 0 Å². The Morgan fingerprint density at radius 3 is 2.67 bits per heavy atom. The van der Waals surface area contributed by atoms with Crippen LogP contribution in [0.5, 0.6) is 0 Å². The molecule has 1 rings (SSSR count). The van der Waals surface area contributed by atoms with Crippen LogP contribution in [0.3, 0.4) is 0 Å². The minimum Gasteiger partial charge on any atom is -0.314 e. The standard InChI is InChI=1S/C7H6N2O2S/c10-9-11-7(12)8-6-4-2-1-3-5-6/h1-5H,(H,8,12). The highest BCUT2D eigenvalue weighted by atomic mass is 32.1. The fraction of sp³-hybridized carbons (Fsp3) is 0. The second-order valence-electron chi connectivity index (χ2n) is 1.94. The number of hydrogen-bond donors (Lipinski definition) is 1. The normalized spacial score (nSPS) is 8.67. The number of nitrogens with zero attached hydrogens (tertiary/aromatic N) is 1. The van der Waals surface area contributed by atoms with E-state index in [9.17, 15) is 4.91 Å². The van der Waals surface area contributed by atoms with Crippen LogP contribution in [0.25, 0.3) is 0 Å². The second-order valence-corrected chi connectivity index (χ2v) is 2.32. The van der Waals surface area contributed by atoms with Crippen molar-refractivity contribution in [3.05, 3.63) is 35.2 Å². The molecule has 1 aromatic carbocycles. The van der Waals surface area contributed by atoms with Gasteiger partial charge in [-0.25, -0.2) is 0 Å². The van der Waals surface area contributed by atoms with Gasteiger partial charge in [0.2, 0.25) is 0 Å². The van der Waals surface area contributed by atoms with Crippen molar-refractivity contribution in [3.8, 4) is 0 Å². The molecule has 0 saturated carbocycles. The van der Waals surface area contributed by atoms with Crippen LogP contribution in [0.4, 0.5) is 5.69 Å². The summed E-state index contributed by atoms with van der Waals surface area (Å²) in [4.78, 5) is 13.7. The maximum atomic E-state index is 9.61. The molecule has 0 radical (unpaired) electrons. The molecule has 1 aromatic rings. The molecule has 0 aliphatic carbocycles. The number of thiocarbonyl (C=S) groups is 1. The van der Waals surface area contributed by atoms with Crippen LogP contribution in [0.15, 0.2) is 35.7 Å². The number of nitrogens with one attached hydrogen (secondary N) is 1. The van der Waals surface area contributed by atoms with Crippen LogP contribution in [-0.2, 0) is 4.84 Å². The van der Waals surface area contributed by atoms with E-state index in [0.29, 0.717) is 0 Å². The van der Waals surface area contributed by atoms with E-state index >= 15 is 0 Å². The fourth-order valence-electron chi connectivity index (χ4n) is 0.696. The summed E-state index contributed by atoms with van der Waals surface area (Å²) in [6.07, 6.45) is 0. The molecule has 0 spiro atoms. The molecule has 4 nitrogen and oxygen atoms in total. The minimum atomic E-state index is -0.0591. The SMILES string of the molecule is O=NOC(=S)Nc1ccccc1. The smallest absolute Gasteiger partial charge is 0.297 e. The van der Waals surface area contributed by atoms with Crippen molar-refractivity contribution < 1.29 is 4.84 Å². The first-order chi connectivity index (χ1) is 5.83. The van der Waals surface area contributed by atoms with E-state index in [-0.39, 0.29) is 5.17 Å². The van der Waals surface area contributed by atoms with Crippen molar-refractivity contribution in [1.82, 2.24) is 0 Å². The first-order valence-corrected chi connectivity index (χ1v) is 3.59. The molecule has 0 atom stereocenters. The highest BCUT2D eigenvalue weighted by Gasteiger charge is 1.96. The first-order valence-electron chi connectivity index (χ1n) is 3.18. The van der Waals surface area contributed by atoms with Crippen molar-refractivity contribution >= 4 is 23.1 Å². The fourth-order valence-corrected chi connectivity index (χ4v) is 0.844. The molecular weight excluding hydrogens is 176 g/mol. The molecule has 62 valence electrons. The zero-order valence-electron chi connectivity index (χ0n) is 6.06. The zero-order chi connectivity index (χ0) is 8.81. The van der Waals surface area contributed by atoms with Gasteiger partial charge in [-0.15, -0.1) is 4.91 Å². The summed E-state index contributed by atoms with van der Waals surface area (Å²) < 4.78 is 0. The van der Waals surface area contributed by atoms with Gasteiger partial charge < -0.3 is 5.32 Å². The largest absolute Gasteiger partial charge is 0.314 e. The average molecular weight is 182 g/mol. The number of rotatable bonds is 2. The predicted octanol–water partition coefficient (Wildman–Crippen LogP) is 2.08. The Balaban J connectivity index is 2.52. The van der Waals surface area contributed by atoms with Gasteiger partial charge in [-0.2, -0.15) is 0 Å². The maximum Gasteiger partial charge on any atom is 0.297 e. The van der Waals surface area contributed by atoms with E-state index in [1.54, 1.807) is 12.1 Å². The summed E-state index contributed by atoms with van der Waals surface area (Å²) in [5, 5.41) is 4.78. The average Bonchev–Trinajstić information content (AvgIpc) is 2.06. The van der Waals surface area contributed by atoms with Crippen molar-refractivity contribution in [3.63, 3.8) is 0 Å². The molecule has 0 aliphatic rings. The van der Waals surface area contributed by atoms with Crippen LogP contribution in [-0.4, -0.2) is 5.17 Å². The van der Waals surface area contributed by atoms with Crippen LogP contribution in [0.1, 0.15) is 0 Å². The zero-order valence-corrected chi connectivity index (χ0v) is 6.88. The third-order valence-corrected chi connectivity index (χ3v) is 1.32. The molecule has 5 heteroatoms. The van der Waals surface area contributed by atoms with E-state index in [1.165, 1.54) is 0 Å². The predicted molar refractivity (Wildman–Crippen MR) is 49.5 cm³/mol.